The summed E-state index contributed by atoms with van der Waals surface area (Å²) in [7, 11) is 0. The van der Waals surface area contributed by atoms with Crippen LogP contribution in [0.1, 0.15) is 22.4 Å². The van der Waals surface area contributed by atoms with Gasteiger partial charge < -0.3 is 4.74 Å². The van der Waals surface area contributed by atoms with Crippen LogP contribution >= 0.6 is 0 Å². The lowest BCUT2D eigenvalue weighted by atomic mass is 10.1. The summed E-state index contributed by atoms with van der Waals surface area (Å²) in [6, 6.07) is 6.54. The van der Waals surface area contributed by atoms with Crippen LogP contribution in [-0.4, -0.2) is 21.5 Å². The summed E-state index contributed by atoms with van der Waals surface area (Å²) in [6.07, 6.45) is 4.60. The molecule has 0 saturated carbocycles. The first-order valence-electron chi connectivity index (χ1n) is 6.63. The maximum Gasteiger partial charge on any atom is 0.122 e. The fraction of sp³-hybridized carbons (Fsp3) is 0.333. The Morgan fingerprint density at radius 1 is 1.21 bits per heavy atom. The third kappa shape index (κ3) is 1.98. The number of rotatable bonds is 2. The Morgan fingerprint density at radius 3 is 3.16 bits per heavy atom. The van der Waals surface area contributed by atoms with Gasteiger partial charge in [-0.15, -0.1) is 0 Å². The summed E-state index contributed by atoms with van der Waals surface area (Å²) in [6.45, 7) is 3.66. The van der Waals surface area contributed by atoms with Gasteiger partial charge in [-0.3, -0.25) is 4.90 Å². The maximum atomic E-state index is 5.54. The summed E-state index contributed by atoms with van der Waals surface area (Å²) in [4.78, 5) is 10.8. The fourth-order valence-electron chi connectivity index (χ4n) is 2.88. The molecule has 2 aliphatic rings. The van der Waals surface area contributed by atoms with Crippen LogP contribution in [0.5, 0.6) is 5.75 Å². The third-order valence-electron chi connectivity index (χ3n) is 3.81. The number of fused-ring (bicyclic) bond motifs is 2. The van der Waals surface area contributed by atoms with Crippen molar-refractivity contribution in [3.05, 3.63) is 53.1 Å². The highest BCUT2D eigenvalue weighted by molar-refractivity contribution is 5.39. The van der Waals surface area contributed by atoms with E-state index in [0.29, 0.717) is 0 Å². The topological polar surface area (TPSA) is 38.2 Å². The highest BCUT2D eigenvalue weighted by Crippen LogP contribution is 2.28. The van der Waals surface area contributed by atoms with Gasteiger partial charge in [0.15, 0.2) is 0 Å². The molecule has 2 aromatic rings. The molecule has 0 spiro atoms. The first-order valence-corrected chi connectivity index (χ1v) is 6.63. The van der Waals surface area contributed by atoms with E-state index in [1.54, 1.807) is 6.33 Å². The molecular formula is C15H15N3O. The molecule has 0 aliphatic carbocycles. The molecule has 2 aliphatic heterocycles. The summed E-state index contributed by atoms with van der Waals surface area (Å²) < 4.78 is 5.54. The van der Waals surface area contributed by atoms with Gasteiger partial charge in [-0.25, -0.2) is 9.97 Å². The number of nitrogens with zero attached hydrogens (tertiary/aromatic N) is 3. The van der Waals surface area contributed by atoms with Crippen molar-refractivity contribution < 1.29 is 4.74 Å². The van der Waals surface area contributed by atoms with Crippen molar-refractivity contribution in [3.63, 3.8) is 0 Å². The monoisotopic (exact) mass is 253 g/mol. The lowest BCUT2D eigenvalue weighted by molar-refractivity contribution is 0.274. The number of hydrogen-bond donors (Lipinski definition) is 0. The number of aromatic nitrogens is 2. The largest absolute Gasteiger partial charge is 0.493 e. The van der Waals surface area contributed by atoms with Crippen molar-refractivity contribution >= 4 is 0 Å². The molecule has 4 heteroatoms. The number of ether oxygens (including phenoxy) is 1. The molecule has 0 saturated heterocycles. The second-order valence-electron chi connectivity index (χ2n) is 5.18. The summed E-state index contributed by atoms with van der Waals surface area (Å²) >= 11 is 0. The van der Waals surface area contributed by atoms with Gasteiger partial charge in [-0.2, -0.15) is 0 Å². The molecule has 96 valence electrons. The quantitative estimate of drug-likeness (QED) is 0.819. The molecule has 0 unspecified atom stereocenters. The van der Waals surface area contributed by atoms with E-state index in [1.165, 1.54) is 22.4 Å². The fourth-order valence-corrected chi connectivity index (χ4v) is 2.88. The molecule has 1 aromatic heterocycles. The predicted octanol–water partition coefficient (Wildman–Crippen LogP) is 1.93. The van der Waals surface area contributed by atoms with E-state index >= 15 is 0 Å². The van der Waals surface area contributed by atoms with E-state index in [-0.39, 0.29) is 0 Å². The van der Waals surface area contributed by atoms with E-state index in [1.807, 2.05) is 6.20 Å². The second-order valence-corrected chi connectivity index (χ2v) is 5.18. The Kier molecular flexibility index (Phi) is 2.48. The minimum absolute atomic E-state index is 0.823. The predicted molar refractivity (Wildman–Crippen MR) is 70.6 cm³/mol. The molecule has 0 fully saturated rings. The van der Waals surface area contributed by atoms with Crippen LogP contribution in [0.4, 0.5) is 0 Å². The zero-order valence-corrected chi connectivity index (χ0v) is 10.7. The van der Waals surface area contributed by atoms with Gasteiger partial charge >= 0.3 is 0 Å². The van der Waals surface area contributed by atoms with E-state index in [0.717, 1.165) is 38.4 Å². The second kappa shape index (κ2) is 4.31. The van der Waals surface area contributed by atoms with Gasteiger partial charge in [-0.05, 0) is 17.2 Å². The SMILES string of the molecule is c1ncc2c(n1)CN(Cc1ccc3c(c1)CCO3)C2. The normalized spacial score (nSPS) is 17.1. The smallest absolute Gasteiger partial charge is 0.122 e. The van der Waals surface area contributed by atoms with Crippen molar-refractivity contribution in [2.24, 2.45) is 0 Å². The molecule has 3 heterocycles. The third-order valence-corrected chi connectivity index (χ3v) is 3.81. The van der Waals surface area contributed by atoms with Crippen LogP contribution in [0.15, 0.2) is 30.7 Å². The van der Waals surface area contributed by atoms with E-state index in [9.17, 15) is 0 Å². The average molecular weight is 253 g/mol. The van der Waals surface area contributed by atoms with Crippen LogP contribution in [0.25, 0.3) is 0 Å². The van der Waals surface area contributed by atoms with Crippen LogP contribution in [0.2, 0.25) is 0 Å². The molecule has 0 radical (unpaired) electrons. The van der Waals surface area contributed by atoms with Gasteiger partial charge in [0.1, 0.15) is 12.1 Å². The molecule has 4 rings (SSSR count). The van der Waals surface area contributed by atoms with Gasteiger partial charge in [0.2, 0.25) is 0 Å². The Hall–Kier alpha value is -1.94. The molecule has 1 aromatic carbocycles. The van der Waals surface area contributed by atoms with Crippen LogP contribution in [0, 0.1) is 0 Å². The van der Waals surface area contributed by atoms with Crippen molar-refractivity contribution in [2.75, 3.05) is 6.61 Å². The maximum absolute atomic E-state index is 5.54. The highest BCUT2D eigenvalue weighted by atomic mass is 16.5. The van der Waals surface area contributed by atoms with Crippen LogP contribution < -0.4 is 4.74 Å². The number of hydrogen-bond acceptors (Lipinski definition) is 4. The van der Waals surface area contributed by atoms with E-state index in [4.69, 9.17) is 4.74 Å². The molecule has 0 amide bonds. The zero-order chi connectivity index (χ0) is 12.7. The standard InChI is InChI=1S/C15H15N3O/c1-2-15-12(3-4-19-15)5-11(1)7-18-8-13-6-16-10-17-14(13)9-18/h1-2,5-6,10H,3-4,7-9H2. The van der Waals surface area contributed by atoms with Gasteiger partial charge in [0, 0.05) is 37.8 Å². The van der Waals surface area contributed by atoms with Crippen LogP contribution in [0.3, 0.4) is 0 Å². The Labute approximate surface area is 112 Å². The molecule has 0 atom stereocenters. The Bertz CT molecular complexity index is 602. The molecule has 4 nitrogen and oxygen atoms in total. The summed E-state index contributed by atoms with van der Waals surface area (Å²) in [5, 5.41) is 0. The van der Waals surface area contributed by atoms with Crippen molar-refractivity contribution in [2.45, 2.75) is 26.1 Å². The first kappa shape index (κ1) is 10.9. The highest BCUT2D eigenvalue weighted by Gasteiger charge is 2.20. The Morgan fingerprint density at radius 2 is 2.21 bits per heavy atom. The molecule has 19 heavy (non-hydrogen) atoms. The summed E-state index contributed by atoms with van der Waals surface area (Å²) in [5.74, 6) is 1.05. The van der Waals surface area contributed by atoms with Crippen LogP contribution in [-0.2, 0) is 26.1 Å². The summed E-state index contributed by atoms with van der Waals surface area (Å²) in [5.41, 5.74) is 5.12. The molecule has 0 N–H and O–H groups in total. The van der Waals surface area contributed by atoms with Crippen molar-refractivity contribution in [1.29, 1.82) is 0 Å². The lowest BCUT2D eigenvalue weighted by Crippen LogP contribution is -2.15. The zero-order valence-electron chi connectivity index (χ0n) is 10.7. The molecule has 0 bridgehead atoms. The average Bonchev–Trinajstić information content (AvgIpc) is 3.03. The van der Waals surface area contributed by atoms with Gasteiger partial charge in [-0.1, -0.05) is 12.1 Å². The van der Waals surface area contributed by atoms with E-state index < -0.39 is 0 Å². The van der Waals surface area contributed by atoms with Gasteiger partial charge in [0.05, 0.1) is 12.3 Å². The minimum Gasteiger partial charge on any atom is -0.493 e. The first-order chi connectivity index (χ1) is 9.38. The van der Waals surface area contributed by atoms with Crippen molar-refractivity contribution in [1.82, 2.24) is 14.9 Å². The van der Waals surface area contributed by atoms with Gasteiger partial charge in [0.25, 0.3) is 0 Å². The minimum atomic E-state index is 0.823. The van der Waals surface area contributed by atoms with Crippen molar-refractivity contribution in [3.8, 4) is 5.75 Å². The molecular weight excluding hydrogens is 238 g/mol. The lowest BCUT2D eigenvalue weighted by Gasteiger charge is -2.14. The Balaban J connectivity index is 1.51. The van der Waals surface area contributed by atoms with E-state index in [2.05, 4.69) is 33.1 Å². The number of benzene rings is 1.